The van der Waals surface area contributed by atoms with Crippen molar-refractivity contribution in [3.63, 3.8) is 0 Å². The Morgan fingerprint density at radius 2 is 1.65 bits per heavy atom. The molecule has 1 nitrogen and oxygen atoms in total. The molecule has 2 heteroatoms. The van der Waals surface area contributed by atoms with Crippen molar-refractivity contribution in [2.24, 2.45) is 0 Å². The first-order valence-electron chi connectivity index (χ1n) is 6.90. The van der Waals surface area contributed by atoms with Crippen LogP contribution in [0.3, 0.4) is 0 Å². The van der Waals surface area contributed by atoms with E-state index in [1.54, 1.807) is 13.8 Å². The summed E-state index contributed by atoms with van der Waals surface area (Å²) in [5, 5.41) is 0. The molecule has 0 bridgehead atoms. The minimum Gasteiger partial charge on any atom is -0.293 e. The van der Waals surface area contributed by atoms with Crippen LogP contribution in [-0.4, -0.2) is 5.78 Å². The van der Waals surface area contributed by atoms with Gasteiger partial charge in [0, 0.05) is 11.5 Å². The zero-order valence-corrected chi connectivity index (χ0v) is 12.1. The summed E-state index contributed by atoms with van der Waals surface area (Å²) in [4.78, 5) is 12.8. The second-order valence-corrected chi connectivity index (χ2v) is 5.15. The van der Waals surface area contributed by atoms with Gasteiger partial charge in [0.2, 0.25) is 0 Å². The zero-order chi connectivity index (χ0) is 14.7. The number of ketones is 1. The van der Waals surface area contributed by atoms with E-state index in [1.807, 2.05) is 37.3 Å². The molecule has 2 rings (SSSR count). The van der Waals surface area contributed by atoms with E-state index in [4.69, 9.17) is 0 Å². The molecule has 0 aliphatic rings. The lowest BCUT2D eigenvalue weighted by atomic mass is 9.85. The fourth-order valence-electron chi connectivity index (χ4n) is 2.73. The fourth-order valence-corrected chi connectivity index (χ4v) is 2.73. The lowest BCUT2D eigenvalue weighted by molar-refractivity contribution is 0.0956. The highest BCUT2D eigenvalue weighted by molar-refractivity contribution is 6.03. The maximum Gasteiger partial charge on any atom is 0.170 e. The highest BCUT2D eigenvalue weighted by Crippen LogP contribution is 2.27. The van der Waals surface area contributed by atoms with Crippen molar-refractivity contribution < 1.29 is 9.18 Å². The molecule has 0 amide bonds. The van der Waals surface area contributed by atoms with Crippen LogP contribution in [0.5, 0.6) is 0 Å². The van der Waals surface area contributed by atoms with Crippen molar-refractivity contribution in [1.82, 2.24) is 0 Å². The van der Waals surface area contributed by atoms with Crippen LogP contribution in [0.2, 0.25) is 0 Å². The molecule has 0 aliphatic carbocycles. The molecule has 0 saturated carbocycles. The molecule has 1 unspecified atom stereocenters. The van der Waals surface area contributed by atoms with Gasteiger partial charge in [0.15, 0.2) is 5.78 Å². The van der Waals surface area contributed by atoms with Gasteiger partial charge >= 0.3 is 0 Å². The first-order valence-corrected chi connectivity index (χ1v) is 6.90. The Labute approximate surface area is 119 Å². The molecule has 0 fully saturated rings. The Morgan fingerprint density at radius 3 is 2.15 bits per heavy atom. The maximum absolute atomic E-state index is 13.4. The van der Waals surface area contributed by atoms with Gasteiger partial charge in [-0.3, -0.25) is 4.79 Å². The standard InChI is InChI=1S/C18H19FO/c1-4-16(14-8-6-5-7-9-14)18(20)17-12(2)10-15(19)11-13(17)3/h5-11,16H,4H2,1-3H3. The van der Waals surface area contributed by atoms with Gasteiger partial charge in [-0.2, -0.15) is 0 Å². The van der Waals surface area contributed by atoms with E-state index in [0.29, 0.717) is 16.7 Å². The van der Waals surface area contributed by atoms with E-state index in [2.05, 4.69) is 0 Å². The van der Waals surface area contributed by atoms with Crippen LogP contribution in [-0.2, 0) is 0 Å². The Morgan fingerprint density at radius 1 is 1.10 bits per heavy atom. The van der Waals surface area contributed by atoms with Crippen molar-refractivity contribution in [2.75, 3.05) is 0 Å². The Balaban J connectivity index is 2.45. The highest BCUT2D eigenvalue weighted by Gasteiger charge is 2.23. The summed E-state index contributed by atoms with van der Waals surface area (Å²) < 4.78 is 13.4. The van der Waals surface area contributed by atoms with Crippen molar-refractivity contribution in [1.29, 1.82) is 0 Å². The van der Waals surface area contributed by atoms with E-state index < -0.39 is 0 Å². The summed E-state index contributed by atoms with van der Waals surface area (Å²) in [6.07, 6.45) is 0.735. The predicted molar refractivity (Wildman–Crippen MR) is 79.7 cm³/mol. The van der Waals surface area contributed by atoms with E-state index >= 15 is 0 Å². The molecule has 104 valence electrons. The van der Waals surface area contributed by atoms with Crippen LogP contribution in [0, 0.1) is 19.7 Å². The topological polar surface area (TPSA) is 17.1 Å². The van der Waals surface area contributed by atoms with Crippen LogP contribution in [0.15, 0.2) is 42.5 Å². The average Bonchev–Trinajstić information content (AvgIpc) is 2.39. The molecule has 0 saturated heterocycles. The fraction of sp³-hybridized carbons (Fsp3) is 0.278. The normalized spacial score (nSPS) is 12.2. The number of Topliss-reactive ketones (excluding diaryl/α,β-unsaturated/α-hetero) is 1. The zero-order valence-electron chi connectivity index (χ0n) is 12.1. The summed E-state index contributed by atoms with van der Waals surface area (Å²) in [5.41, 5.74) is 3.09. The van der Waals surface area contributed by atoms with Gasteiger partial charge in [0.25, 0.3) is 0 Å². The minimum absolute atomic E-state index is 0.0775. The number of halogens is 1. The Hall–Kier alpha value is -1.96. The number of aryl methyl sites for hydroxylation is 2. The second-order valence-electron chi connectivity index (χ2n) is 5.15. The van der Waals surface area contributed by atoms with Gasteiger partial charge in [0.1, 0.15) is 5.82 Å². The van der Waals surface area contributed by atoms with E-state index in [-0.39, 0.29) is 17.5 Å². The molecular formula is C18H19FO. The third-order valence-electron chi connectivity index (χ3n) is 3.67. The molecule has 0 radical (unpaired) electrons. The second kappa shape index (κ2) is 6.00. The van der Waals surface area contributed by atoms with E-state index in [9.17, 15) is 9.18 Å². The van der Waals surface area contributed by atoms with Crippen molar-refractivity contribution in [3.05, 3.63) is 70.5 Å². The van der Waals surface area contributed by atoms with Crippen molar-refractivity contribution in [2.45, 2.75) is 33.1 Å². The number of carbonyl (C=O) groups excluding carboxylic acids is 1. The van der Waals surface area contributed by atoms with E-state index in [1.165, 1.54) is 12.1 Å². The number of hydrogen-bond donors (Lipinski definition) is 0. The van der Waals surface area contributed by atoms with Crippen molar-refractivity contribution >= 4 is 5.78 Å². The smallest absolute Gasteiger partial charge is 0.170 e. The van der Waals surface area contributed by atoms with Crippen LogP contribution >= 0.6 is 0 Å². The molecule has 1 atom stereocenters. The van der Waals surface area contributed by atoms with Gasteiger partial charge in [-0.1, -0.05) is 37.3 Å². The number of benzene rings is 2. The third kappa shape index (κ3) is 2.79. The molecule has 0 spiro atoms. The minimum atomic E-state index is -0.288. The third-order valence-corrected chi connectivity index (χ3v) is 3.67. The monoisotopic (exact) mass is 270 g/mol. The first-order chi connectivity index (χ1) is 9.54. The van der Waals surface area contributed by atoms with Gasteiger partial charge in [-0.15, -0.1) is 0 Å². The lowest BCUT2D eigenvalue weighted by Crippen LogP contribution is -2.15. The van der Waals surface area contributed by atoms with Gasteiger partial charge in [0.05, 0.1) is 0 Å². The van der Waals surface area contributed by atoms with Crippen LogP contribution in [0.4, 0.5) is 4.39 Å². The molecule has 20 heavy (non-hydrogen) atoms. The number of rotatable bonds is 4. The maximum atomic E-state index is 13.4. The largest absolute Gasteiger partial charge is 0.293 e. The summed E-state index contributed by atoms with van der Waals surface area (Å²) >= 11 is 0. The predicted octanol–water partition coefficient (Wildman–Crippen LogP) is 4.82. The van der Waals surface area contributed by atoms with Gasteiger partial charge < -0.3 is 0 Å². The summed E-state index contributed by atoms with van der Waals surface area (Å²) in [6, 6.07) is 12.6. The molecule has 0 N–H and O–H groups in total. The van der Waals surface area contributed by atoms with Crippen molar-refractivity contribution in [3.8, 4) is 0 Å². The first kappa shape index (κ1) is 14.4. The lowest BCUT2D eigenvalue weighted by Gasteiger charge is -2.17. The number of hydrogen-bond acceptors (Lipinski definition) is 1. The molecule has 2 aromatic rings. The van der Waals surface area contributed by atoms with Crippen LogP contribution in [0.1, 0.15) is 46.3 Å². The summed E-state index contributed by atoms with van der Waals surface area (Å²) in [6.45, 7) is 5.59. The molecule has 2 aromatic carbocycles. The average molecular weight is 270 g/mol. The van der Waals surface area contributed by atoms with Crippen LogP contribution in [0.25, 0.3) is 0 Å². The summed E-state index contributed by atoms with van der Waals surface area (Å²) in [7, 11) is 0. The van der Waals surface area contributed by atoms with E-state index in [0.717, 1.165) is 12.0 Å². The van der Waals surface area contributed by atoms with Gasteiger partial charge in [-0.05, 0) is 49.1 Å². The molecule has 0 aliphatic heterocycles. The molecule has 0 aromatic heterocycles. The Kier molecular flexibility index (Phi) is 4.33. The quantitative estimate of drug-likeness (QED) is 0.728. The SMILES string of the molecule is CCC(C(=O)c1c(C)cc(F)cc1C)c1ccccc1. The summed E-state index contributed by atoms with van der Waals surface area (Å²) in [5.74, 6) is -0.378. The van der Waals surface area contributed by atoms with Gasteiger partial charge in [-0.25, -0.2) is 4.39 Å². The molecule has 0 heterocycles. The van der Waals surface area contributed by atoms with Crippen LogP contribution < -0.4 is 0 Å². The Bertz CT molecular complexity index is 594. The highest BCUT2D eigenvalue weighted by atomic mass is 19.1. The number of carbonyl (C=O) groups is 1. The molecular weight excluding hydrogens is 251 g/mol.